The number of benzene rings is 1. The molecule has 0 saturated carbocycles. The van der Waals surface area contributed by atoms with Gasteiger partial charge < -0.3 is 4.74 Å². The van der Waals surface area contributed by atoms with Crippen molar-refractivity contribution in [2.24, 2.45) is 0 Å². The number of nitriles is 1. The van der Waals surface area contributed by atoms with Crippen LogP contribution in [0.3, 0.4) is 0 Å². The molecule has 0 atom stereocenters. The Balaban J connectivity index is 1.89. The summed E-state index contributed by atoms with van der Waals surface area (Å²) in [6, 6.07) is 9.12. The summed E-state index contributed by atoms with van der Waals surface area (Å²) in [6.07, 6.45) is 2.35. The van der Waals surface area contributed by atoms with Gasteiger partial charge in [0.1, 0.15) is 12.8 Å². The first-order chi connectivity index (χ1) is 13.1. The summed E-state index contributed by atoms with van der Waals surface area (Å²) in [5, 5.41) is 9.11. The highest BCUT2D eigenvalue weighted by atomic mass is 32.2. The number of sulfonamides is 1. The lowest BCUT2D eigenvalue weighted by Gasteiger charge is -2.26. The van der Waals surface area contributed by atoms with Crippen molar-refractivity contribution in [2.75, 3.05) is 6.61 Å². The van der Waals surface area contributed by atoms with Crippen LogP contribution in [0.25, 0.3) is 0 Å². The smallest absolute Gasteiger partial charge is 0.330 e. The molecule has 0 unspecified atom stereocenters. The van der Waals surface area contributed by atoms with Crippen molar-refractivity contribution in [2.45, 2.75) is 43.9 Å². The minimum absolute atomic E-state index is 0.0166. The Morgan fingerprint density at radius 3 is 2.64 bits per heavy atom. The van der Waals surface area contributed by atoms with Gasteiger partial charge in [0.25, 0.3) is 5.56 Å². The Kier molecular flexibility index (Phi) is 6.90. The van der Waals surface area contributed by atoms with E-state index in [0.717, 1.165) is 0 Å². The maximum absolute atomic E-state index is 12.6. The Labute approximate surface area is 162 Å². The average molecular weight is 406 g/mol. The van der Waals surface area contributed by atoms with Gasteiger partial charge in [-0.3, -0.25) is 14.3 Å². The van der Waals surface area contributed by atoms with E-state index in [1.807, 2.05) is 6.07 Å². The molecule has 1 aromatic carbocycles. The van der Waals surface area contributed by atoms with Crippen molar-refractivity contribution in [1.82, 2.24) is 14.3 Å². The number of aromatic amines is 1. The lowest BCUT2D eigenvalue weighted by Crippen LogP contribution is -2.43. The zero-order chi connectivity index (χ0) is 20.8. The quantitative estimate of drug-likeness (QED) is 0.595. The number of H-pyrrole nitrogens is 1. The Bertz CT molecular complexity index is 1080. The number of hydrogen-bond acceptors (Lipinski definition) is 6. The minimum Gasteiger partial charge on any atom is -0.361 e. The summed E-state index contributed by atoms with van der Waals surface area (Å²) in [4.78, 5) is 24.6. The van der Waals surface area contributed by atoms with Crippen LogP contribution in [0.4, 0.5) is 0 Å². The van der Waals surface area contributed by atoms with E-state index in [4.69, 9.17) is 10.00 Å². The van der Waals surface area contributed by atoms with E-state index in [-0.39, 0.29) is 17.2 Å². The molecule has 0 fully saturated rings. The van der Waals surface area contributed by atoms with Crippen LogP contribution < -0.4 is 16.0 Å². The second-order valence-electron chi connectivity index (χ2n) is 6.82. The van der Waals surface area contributed by atoms with E-state index in [0.29, 0.717) is 19.4 Å². The molecule has 1 aromatic heterocycles. The maximum Gasteiger partial charge on any atom is 0.330 e. The third-order valence-electron chi connectivity index (χ3n) is 3.93. The average Bonchev–Trinajstić information content (AvgIpc) is 2.62. The van der Waals surface area contributed by atoms with Gasteiger partial charge in [0.2, 0.25) is 10.0 Å². The predicted octanol–water partition coefficient (Wildman–Crippen LogP) is 0.920. The molecule has 9 nitrogen and oxygen atoms in total. The van der Waals surface area contributed by atoms with Gasteiger partial charge in [0, 0.05) is 24.4 Å². The highest BCUT2D eigenvalue weighted by molar-refractivity contribution is 7.89. The molecule has 2 N–H and O–H groups in total. The third kappa shape index (κ3) is 5.88. The monoisotopic (exact) mass is 406 g/mol. The molecule has 150 valence electrons. The molecule has 0 radical (unpaired) electrons. The SMILES string of the molecule is CC(C)(CCCOCn1ccc(=O)[nH]c1=O)NS(=O)(=O)c1ccccc1C#N. The molecule has 0 spiro atoms. The zero-order valence-corrected chi connectivity index (χ0v) is 16.5. The fourth-order valence-corrected chi connectivity index (χ4v) is 4.19. The fourth-order valence-electron chi connectivity index (χ4n) is 2.59. The number of ether oxygens (including phenoxy) is 1. The third-order valence-corrected chi connectivity index (χ3v) is 5.68. The molecule has 0 aliphatic heterocycles. The van der Waals surface area contributed by atoms with Crippen LogP contribution in [0, 0.1) is 11.3 Å². The predicted molar refractivity (Wildman–Crippen MR) is 102 cm³/mol. The molecule has 0 aliphatic carbocycles. The van der Waals surface area contributed by atoms with Gasteiger partial charge in [-0.05, 0) is 38.8 Å². The normalized spacial score (nSPS) is 11.9. The summed E-state index contributed by atoms with van der Waals surface area (Å²) in [5.74, 6) is 0. The number of nitrogens with zero attached hydrogens (tertiary/aromatic N) is 2. The summed E-state index contributed by atoms with van der Waals surface area (Å²) < 4.78 is 34.5. The van der Waals surface area contributed by atoms with Crippen LogP contribution in [-0.2, 0) is 21.5 Å². The van der Waals surface area contributed by atoms with Gasteiger partial charge in [0.15, 0.2) is 0 Å². The Morgan fingerprint density at radius 2 is 1.96 bits per heavy atom. The topological polar surface area (TPSA) is 134 Å². The standard InChI is InChI=1S/C18H22N4O5S/c1-18(2,21-28(25,26)15-7-4-3-6-14(15)12-19)9-5-11-27-13-22-10-8-16(23)20-17(22)24/h3-4,6-8,10,21H,5,9,11,13H2,1-2H3,(H,20,23,24). The fraction of sp³-hybridized carbons (Fsp3) is 0.389. The second kappa shape index (κ2) is 8.97. The van der Waals surface area contributed by atoms with Crippen molar-refractivity contribution in [1.29, 1.82) is 5.26 Å². The molecule has 2 rings (SSSR count). The van der Waals surface area contributed by atoms with Crippen molar-refractivity contribution >= 4 is 10.0 Å². The highest BCUT2D eigenvalue weighted by Gasteiger charge is 2.27. The van der Waals surface area contributed by atoms with Gasteiger partial charge in [-0.25, -0.2) is 17.9 Å². The first kappa shape index (κ1) is 21.6. The van der Waals surface area contributed by atoms with Crippen molar-refractivity contribution in [3.05, 3.63) is 62.9 Å². The lowest BCUT2D eigenvalue weighted by atomic mass is 10.0. The van der Waals surface area contributed by atoms with Crippen LogP contribution in [-0.4, -0.2) is 30.1 Å². The van der Waals surface area contributed by atoms with E-state index in [1.165, 1.54) is 29.0 Å². The van der Waals surface area contributed by atoms with E-state index in [2.05, 4.69) is 9.71 Å². The summed E-state index contributed by atoms with van der Waals surface area (Å²) in [7, 11) is -3.85. The molecule has 1 heterocycles. The number of rotatable bonds is 9. The van der Waals surface area contributed by atoms with Gasteiger partial charge in [0.05, 0.1) is 10.5 Å². The molecular formula is C18H22N4O5S. The number of aromatic nitrogens is 2. The van der Waals surface area contributed by atoms with E-state index in [9.17, 15) is 18.0 Å². The molecule has 0 aliphatic rings. The molecule has 10 heteroatoms. The number of nitrogens with one attached hydrogen (secondary N) is 2. The molecule has 2 aromatic rings. The minimum atomic E-state index is -3.85. The van der Waals surface area contributed by atoms with Crippen LogP contribution >= 0.6 is 0 Å². The van der Waals surface area contributed by atoms with Crippen LogP contribution in [0.15, 0.2) is 51.0 Å². The van der Waals surface area contributed by atoms with Gasteiger partial charge >= 0.3 is 5.69 Å². The molecule has 0 saturated heterocycles. The summed E-state index contributed by atoms with van der Waals surface area (Å²) >= 11 is 0. The molecule has 28 heavy (non-hydrogen) atoms. The second-order valence-corrected chi connectivity index (χ2v) is 8.47. The first-order valence-corrected chi connectivity index (χ1v) is 10.0. The molecule has 0 amide bonds. The summed E-state index contributed by atoms with van der Waals surface area (Å²) in [5.41, 5.74) is -1.72. The van der Waals surface area contributed by atoms with Crippen LogP contribution in [0.1, 0.15) is 32.3 Å². The van der Waals surface area contributed by atoms with Gasteiger partial charge in [-0.15, -0.1) is 0 Å². The van der Waals surface area contributed by atoms with Crippen LogP contribution in [0.5, 0.6) is 0 Å². The lowest BCUT2D eigenvalue weighted by molar-refractivity contribution is 0.0680. The molecular weight excluding hydrogens is 384 g/mol. The Morgan fingerprint density at radius 1 is 1.25 bits per heavy atom. The van der Waals surface area contributed by atoms with E-state index < -0.39 is 26.8 Å². The number of hydrogen-bond donors (Lipinski definition) is 2. The first-order valence-electron chi connectivity index (χ1n) is 8.55. The van der Waals surface area contributed by atoms with Crippen molar-refractivity contribution in [3.63, 3.8) is 0 Å². The highest BCUT2D eigenvalue weighted by Crippen LogP contribution is 2.19. The zero-order valence-electron chi connectivity index (χ0n) is 15.6. The molecule has 0 bridgehead atoms. The van der Waals surface area contributed by atoms with E-state index >= 15 is 0 Å². The van der Waals surface area contributed by atoms with Crippen LogP contribution in [0.2, 0.25) is 0 Å². The van der Waals surface area contributed by atoms with E-state index in [1.54, 1.807) is 26.0 Å². The van der Waals surface area contributed by atoms with Crippen molar-refractivity contribution in [3.8, 4) is 6.07 Å². The van der Waals surface area contributed by atoms with Gasteiger partial charge in [-0.1, -0.05) is 12.1 Å². The largest absolute Gasteiger partial charge is 0.361 e. The van der Waals surface area contributed by atoms with Gasteiger partial charge in [-0.2, -0.15) is 5.26 Å². The maximum atomic E-state index is 12.6. The Hall–Kier alpha value is -2.74. The summed E-state index contributed by atoms with van der Waals surface area (Å²) in [6.45, 7) is 3.76. The van der Waals surface area contributed by atoms with Crippen molar-refractivity contribution < 1.29 is 13.2 Å².